The summed E-state index contributed by atoms with van der Waals surface area (Å²) in [5, 5.41) is 5.34. The van der Waals surface area contributed by atoms with Crippen LogP contribution < -0.4 is 16.4 Å². The number of nitrogens with one attached hydrogen (secondary N) is 2. The molecule has 0 atom stereocenters. The molecule has 0 aromatic heterocycles. The molecule has 0 saturated heterocycles. The number of benzene rings is 2. The lowest BCUT2D eigenvalue weighted by Crippen LogP contribution is -2.29. The summed E-state index contributed by atoms with van der Waals surface area (Å²) in [5.74, 6) is -1.54. The molecular formula is C18H20ClN3O2. The smallest absolute Gasteiger partial charge is 0.314 e. The molecule has 0 aliphatic rings. The minimum absolute atomic E-state index is 0.0222. The first kappa shape index (κ1) is 17.8. The number of halogens is 1. The van der Waals surface area contributed by atoms with E-state index in [0.29, 0.717) is 22.1 Å². The fraction of sp³-hybridized carbons (Fsp3) is 0.222. The van der Waals surface area contributed by atoms with Gasteiger partial charge in [-0.2, -0.15) is 0 Å². The van der Waals surface area contributed by atoms with E-state index in [4.69, 9.17) is 17.3 Å². The summed E-state index contributed by atoms with van der Waals surface area (Å²) in [6.07, 6.45) is 0. The Bertz CT molecular complexity index is 765. The van der Waals surface area contributed by atoms with E-state index in [2.05, 4.69) is 31.4 Å². The summed E-state index contributed by atoms with van der Waals surface area (Å²) < 4.78 is 0. The molecule has 2 aromatic carbocycles. The normalized spacial score (nSPS) is 11.0. The fourth-order valence-electron chi connectivity index (χ4n) is 2.03. The van der Waals surface area contributed by atoms with Crippen molar-refractivity contribution in [3.8, 4) is 0 Å². The number of hydrogen-bond donors (Lipinski definition) is 3. The van der Waals surface area contributed by atoms with Crippen LogP contribution in [0.15, 0.2) is 42.5 Å². The summed E-state index contributed by atoms with van der Waals surface area (Å²) in [5.41, 5.74) is 8.12. The van der Waals surface area contributed by atoms with Gasteiger partial charge in [-0.15, -0.1) is 0 Å². The van der Waals surface area contributed by atoms with E-state index < -0.39 is 11.8 Å². The lowest BCUT2D eigenvalue weighted by Gasteiger charge is -2.19. The molecule has 0 aliphatic carbocycles. The van der Waals surface area contributed by atoms with Crippen LogP contribution in [0.4, 0.5) is 17.1 Å². The van der Waals surface area contributed by atoms with E-state index >= 15 is 0 Å². The molecule has 5 nitrogen and oxygen atoms in total. The number of rotatable bonds is 2. The van der Waals surface area contributed by atoms with Crippen LogP contribution in [-0.2, 0) is 15.0 Å². The molecule has 126 valence electrons. The third-order valence-corrected chi connectivity index (χ3v) is 3.80. The highest BCUT2D eigenvalue weighted by Crippen LogP contribution is 2.24. The van der Waals surface area contributed by atoms with E-state index in [1.807, 2.05) is 12.1 Å². The predicted molar refractivity (Wildman–Crippen MR) is 98.3 cm³/mol. The number of nitrogen functional groups attached to an aromatic ring is 1. The van der Waals surface area contributed by atoms with Crippen LogP contribution >= 0.6 is 11.6 Å². The number of hydrogen-bond acceptors (Lipinski definition) is 3. The quantitative estimate of drug-likeness (QED) is 0.571. The van der Waals surface area contributed by atoms with Crippen LogP contribution in [0.3, 0.4) is 0 Å². The number of carbonyl (C=O) groups is 2. The van der Waals surface area contributed by atoms with Crippen molar-refractivity contribution in [3.63, 3.8) is 0 Å². The minimum atomic E-state index is -0.782. The van der Waals surface area contributed by atoms with Crippen LogP contribution in [0.5, 0.6) is 0 Å². The maximum absolute atomic E-state index is 12.0. The van der Waals surface area contributed by atoms with Crippen LogP contribution in [-0.4, -0.2) is 11.8 Å². The zero-order chi connectivity index (χ0) is 17.9. The van der Waals surface area contributed by atoms with Gasteiger partial charge in [-0.05, 0) is 41.3 Å². The van der Waals surface area contributed by atoms with Crippen molar-refractivity contribution in [2.24, 2.45) is 0 Å². The van der Waals surface area contributed by atoms with Crippen molar-refractivity contribution < 1.29 is 9.59 Å². The van der Waals surface area contributed by atoms with Gasteiger partial charge in [0.05, 0.1) is 10.7 Å². The molecule has 0 radical (unpaired) electrons. The third-order valence-electron chi connectivity index (χ3n) is 3.47. The standard InChI is InChI=1S/C18H20ClN3O2/c1-18(2,3)11-4-6-12(7-5-11)21-16(23)17(24)22-13-8-9-15(20)14(19)10-13/h4-10H,20H2,1-3H3,(H,21,23)(H,22,24). The third kappa shape index (κ3) is 4.49. The van der Waals surface area contributed by atoms with E-state index in [1.165, 1.54) is 6.07 Å². The molecule has 0 aliphatic heterocycles. The van der Waals surface area contributed by atoms with Gasteiger partial charge in [0.2, 0.25) is 0 Å². The van der Waals surface area contributed by atoms with E-state index in [-0.39, 0.29) is 5.41 Å². The molecule has 24 heavy (non-hydrogen) atoms. The van der Waals surface area contributed by atoms with Gasteiger partial charge in [0.15, 0.2) is 0 Å². The van der Waals surface area contributed by atoms with Crippen molar-refractivity contribution in [3.05, 3.63) is 53.1 Å². The summed E-state index contributed by atoms with van der Waals surface area (Å²) in [6, 6.07) is 12.0. The van der Waals surface area contributed by atoms with Crippen molar-refractivity contribution in [2.45, 2.75) is 26.2 Å². The Morgan fingerprint density at radius 3 is 1.92 bits per heavy atom. The van der Waals surface area contributed by atoms with Crippen molar-refractivity contribution in [2.75, 3.05) is 16.4 Å². The molecule has 0 heterocycles. The average Bonchev–Trinajstić information content (AvgIpc) is 2.50. The van der Waals surface area contributed by atoms with Gasteiger partial charge in [0.25, 0.3) is 0 Å². The van der Waals surface area contributed by atoms with Gasteiger partial charge in [0.1, 0.15) is 0 Å². The maximum Gasteiger partial charge on any atom is 0.314 e. The highest BCUT2D eigenvalue weighted by Gasteiger charge is 2.16. The van der Waals surface area contributed by atoms with Gasteiger partial charge in [-0.1, -0.05) is 44.5 Å². The number of anilines is 3. The second-order valence-corrected chi connectivity index (χ2v) is 6.88. The summed E-state index contributed by atoms with van der Waals surface area (Å²) in [6.45, 7) is 6.31. The second kappa shape index (κ2) is 6.93. The number of amides is 2. The summed E-state index contributed by atoms with van der Waals surface area (Å²) in [7, 11) is 0. The van der Waals surface area contributed by atoms with Gasteiger partial charge < -0.3 is 16.4 Å². The van der Waals surface area contributed by atoms with Gasteiger partial charge in [-0.25, -0.2) is 0 Å². The maximum atomic E-state index is 12.0. The molecule has 0 bridgehead atoms. The molecule has 2 rings (SSSR count). The molecular weight excluding hydrogens is 326 g/mol. The fourth-order valence-corrected chi connectivity index (χ4v) is 2.21. The van der Waals surface area contributed by atoms with Crippen LogP contribution in [0.1, 0.15) is 26.3 Å². The monoisotopic (exact) mass is 345 g/mol. The Balaban J connectivity index is 2.01. The molecule has 4 N–H and O–H groups in total. The van der Waals surface area contributed by atoms with Gasteiger partial charge in [-0.3, -0.25) is 9.59 Å². The molecule has 0 unspecified atom stereocenters. The first-order valence-corrected chi connectivity index (χ1v) is 7.82. The second-order valence-electron chi connectivity index (χ2n) is 6.47. The zero-order valence-electron chi connectivity index (χ0n) is 13.8. The van der Waals surface area contributed by atoms with Crippen LogP contribution in [0, 0.1) is 0 Å². The summed E-state index contributed by atoms with van der Waals surface area (Å²) >= 11 is 5.88. The number of carbonyl (C=O) groups excluding carboxylic acids is 2. The van der Waals surface area contributed by atoms with Crippen molar-refractivity contribution in [1.82, 2.24) is 0 Å². The Kier molecular flexibility index (Phi) is 5.14. The first-order valence-electron chi connectivity index (χ1n) is 7.45. The lowest BCUT2D eigenvalue weighted by atomic mass is 9.87. The first-order chi connectivity index (χ1) is 11.2. The highest BCUT2D eigenvalue weighted by molar-refractivity contribution is 6.43. The van der Waals surface area contributed by atoms with E-state index in [0.717, 1.165) is 5.56 Å². The molecule has 6 heteroatoms. The number of nitrogens with two attached hydrogens (primary N) is 1. The molecule has 0 fully saturated rings. The van der Waals surface area contributed by atoms with E-state index in [1.54, 1.807) is 24.3 Å². The van der Waals surface area contributed by atoms with Crippen molar-refractivity contribution >= 4 is 40.5 Å². The predicted octanol–water partition coefficient (Wildman–Crippen LogP) is 3.80. The zero-order valence-corrected chi connectivity index (χ0v) is 14.6. The molecule has 2 amide bonds. The van der Waals surface area contributed by atoms with Gasteiger partial charge >= 0.3 is 11.8 Å². The summed E-state index contributed by atoms with van der Waals surface area (Å²) in [4.78, 5) is 23.9. The molecule has 0 spiro atoms. The van der Waals surface area contributed by atoms with Crippen molar-refractivity contribution in [1.29, 1.82) is 0 Å². The van der Waals surface area contributed by atoms with Gasteiger partial charge in [0, 0.05) is 11.4 Å². The SMILES string of the molecule is CC(C)(C)c1ccc(NC(=O)C(=O)Nc2ccc(N)c(Cl)c2)cc1. The topological polar surface area (TPSA) is 84.2 Å². The Morgan fingerprint density at radius 1 is 0.917 bits per heavy atom. The molecule has 2 aromatic rings. The minimum Gasteiger partial charge on any atom is -0.398 e. The lowest BCUT2D eigenvalue weighted by molar-refractivity contribution is -0.132. The van der Waals surface area contributed by atoms with Crippen LogP contribution in [0.2, 0.25) is 5.02 Å². The Labute approximate surface area is 146 Å². The Morgan fingerprint density at radius 2 is 1.42 bits per heavy atom. The molecule has 0 saturated carbocycles. The Hall–Kier alpha value is -2.53. The van der Waals surface area contributed by atoms with E-state index in [9.17, 15) is 9.59 Å². The largest absolute Gasteiger partial charge is 0.398 e. The highest BCUT2D eigenvalue weighted by atomic mass is 35.5. The average molecular weight is 346 g/mol. The van der Waals surface area contributed by atoms with Crippen LogP contribution in [0.25, 0.3) is 0 Å².